The monoisotopic (exact) mass is 515 g/mol. The van der Waals surface area contributed by atoms with Crippen molar-refractivity contribution in [1.29, 1.82) is 0 Å². The molecule has 0 spiro atoms. The largest absolute Gasteiger partial charge is 0.772 e. The molecule has 3 aromatic rings. The summed E-state index contributed by atoms with van der Waals surface area (Å²) in [7, 11) is 0. The van der Waals surface area contributed by atoms with Crippen LogP contribution in [0.4, 0.5) is 5.82 Å². The van der Waals surface area contributed by atoms with Crippen LogP contribution in [0.1, 0.15) is 49.9 Å². The van der Waals surface area contributed by atoms with Gasteiger partial charge in [0.15, 0.2) is 5.82 Å². The molecule has 188 valence electrons. The molecule has 3 rings (SSSR count). The second-order valence-corrected chi connectivity index (χ2v) is 12.1. The first-order valence-electron chi connectivity index (χ1n) is 10.8. The summed E-state index contributed by atoms with van der Waals surface area (Å²) in [6.07, 6.45) is 1.51. The lowest BCUT2D eigenvalue weighted by Crippen LogP contribution is -2.25. The minimum absolute atomic E-state index is 0.114. The van der Waals surface area contributed by atoms with Gasteiger partial charge in [-0.05, 0) is 89.8 Å². The Kier molecular flexibility index (Phi) is 7.89. The molecule has 1 heterocycles. The highest BCUT2D eigenvalue weighted by Crippen LogP contribution is 2.39. The number of hydrogen-bond acceptors (Lipinski definition) is 9. The van der Waals surface area contributed by atoms with Crippen LogP contribution in [0.5, 0.6) is 0 Å². The summed E-state index contributed by atoms with van der Waals surface area (Å²) in [5, 5.41) is 0. The predicted octanol–water partition coefficient (Wildman–Crippen LogP) is 2.54. The molecule has 2 atom stereocenters. The Labute approximate surface area is 210 Å². The normalized spacial score (nSPS) is 14.1. The van der Waals surface area contributed by atoms with Crippen LogP contribution in [0.3, 0.4) is 0 Å². The van der Waals surface area contributed by atoms with Gasteiger partial charge in [0.05, 0.1) is 9.49 Å². The van der Waals surface area contributed by atoms with Crippen LogP contribution < -0.4 is 17.2 Å². The van der Waals surface area contributed by atoms with E-state index in [0.29, 0.717) is 27.8 Å². The summed E-state index contributed by atoms with van der Waals surface area (Å²) >= 11 is -4.83. The SMILES string of the molecule is CC(C)(c1ccc(CN)cc1-c1ncc(-c2cc(CN)ccc2C(C)(C)S(=O)[O-])c(N)n1)S(=O)[O-]. The van der Waals surface area contributed by atoms with Crippen LogP contribution in [-0.4, -0.2) is 27.5 Å². The van der Waals surface area contributed by atoms with Gasteiger partial charge in [-0.2, -0.15) is 0 Å². The summed E-state index contributed by atoms with van der Waals surface area (Å²) in [6.45, 7) is 6.87. The van der Waals surface area contributed by atoms with Crippen molar-refractivity contribution in [2.75, 3.05) is 5.73 Å². The summed E-state index contributed by atoms with van der Waals surface area (Å²) in [5.41, 5.74) is 22.1. The van der Waals surface area contributed by atoms with E-state index < -0.39 is 31.7 Å². The molecule has 0 amide bonds. The zero-order valence-electron chi connectivity index (χ0n) is 20.0. The standard InChI is InChI=1S/C24H31N5O4S2/c1-23(2,34(30)31)19-7-5-14(11-25)9-16(19)18-13-28-22(29-21(18)27)17-10-15(12-26)6-8-20(17)24(3,4)35(32)33/h5-10,13H,11-12,25-26H2,1-4H3,(H,30,31)(H,32,33)(H2,27,28,29)/p-2. The van der Waals surface area contributed by atoms with Crippen LogP contribution in [0, 0.1) is 0 Å². The lowest BCUT2D eigenvalue weighted by Gasteiger charge is -2.31. The number of benzene rings is 2. The van der Waals surface area contributed by atoms with E-state index in [1.165, 1.54) is 6.20 Å². The Morgan fingerprint density at radius 3 is 1.69 bits per heavy atom. The Morgan fingerprint density at radius 1 is 0.800 bits per heavy atom. The van der Waals surface area contributed by atoms with Crippen molar-refractivity contribution in [2.45, 2.75) is 50.3 Å². The molecule has 2 aromatic carbocycles. The highest BCUT2D eigenvalue weighted by atomic mass is 32.2. The molecule has 9 nitrogen and oxygen atoms in total. The molecule has 6 N–H and O–H groups in total. The Bertz CT molecular complexity index is 1310. The minimum Gasteiger partial charge on any atom is -0.772 e. The highest BCUT2D eigenvalue weighted by molar-refractivity contribution is 7.80. The number of rotatable bonds is 8. The van der Waals surface area contributed by atoms with Crippen LogP contribution in [0.15, 0.2) is 42.6 Å². The molecule has 1 aromatic heterocycles. The molecule has 11 heteroatoms. The maximum atomic E-state index is 12.0. The van der Waals surface area contributed by atoms with Gasteiger partial charge in [-0.25, -0.2) is 9.97 Å². The quantitative estimate of drug-likeness (QED) is 0.379. The molecule has 0 saturated heterocycles. The van der Waals surface area contributed by atoms with Crippen molar-refractivity contribution in [2.24, 2.45) is 11.5 Å². The van der Waals surface area contributed by atoms with Crippen molar-refractivity contribution in [1.82, 2.24) is 9.97 Å². The van der Waals surface area contributed by atoms with Gasteiger partial charge < -0.3 is 26.3 Å². The van der Waals surface area contributed by atoms with Gasteiger partial charge in [0.1, 0.15) is 5.82 Å². The second kappa shape index (κ2) is 10.2. The van der Waals surface area contributed by atoms with Gasteiger partial charge in [0.25, 0.3) is 0 Å². The molecule has 0 saturated carbocycles. The van der Waals surface area contributed by atoms with Gasteiger partial charge in [-0.1, -0.05) is 24.3 Å². The maximum Gasteiger partial charge on any atom is 0.161 e. The Balaban J connectivity index is 2.24. The molecular weight excluding hydrogens is 486 g/mol. The van der Waals surface area contributed by atoms with Gasteiger partial charge in [-0.3, -0.25) is 8.42 Å². The number of nitrogen functional groups attached to an aromatic ring is 1. The molecule has 2 unspecified atom stereocenters. The van der Waals surface area contributed by atoms with E-state index in [0.717, 1.165) is 11.1 Å². The first kappa shape index (κ1) is 27.1. The third-order valence-corrected chi connectivity index (χ3v) is 8.23. The maximum absolute atomic E-state index is 12.0. The molecule has 35 heavy (non-hydrogen) atoms. The van der Waals surface area contributed by atoms with Gasteiger partial charge in [0, 0.05) is 30.4 Å². The van der Waals surface area contributed by atoms with Crippen LogP contribution in [0.25, 0.3) is 22.5 Å². The predicted molar refractivity (Wildman–Crippen MR) is 137 cm³/mol. The van der Waals surface area contributed by atoms with E-state index in [2.05, 4.69) is 9.97 Å². The molecule has 0 bridgehead atoms. The number of nitrogens with two attached hydrogens (primary N) is 3. The highest BCUT2D eigenvalue weighted by Gasteiger charge is 2.29. The fourth-order valence-electron chi connectivity index (χ4n) is 3.81. The Morgan fingerprint density at radius 2 is 1.26 bits per heavy atom. The topological polar surface area (TPSA) is 184 Å². The minimum atomic E-state index is -2.42. The number of aromatic nitrogens is 2. The van der Waals surface area contributed by atoms with E-state index in [9.17, 15) is 17.5 Å². The van der Waals surface area contributed by atoms with Gasteiger partial charge in [0.2, 0.25) is 0 Å². The molecule has 0 radical (unpaired) electrons. The Hall–Kier alpha value is -2.54. The fraction of sp³-hybridized carbons (Fsp3) is 0.333. The smallest absolute Gasteiger partial charge is 0.161 e. The second-order valence-electron chi connectivity index (χ2n) is 9.15. The average molecular weight is 516 g/mol. The lowest BCUT2D eigenvalue weighted by molar-refractivity contribution is 0.499. The van der Waals surface area contributed by atoms with Gasteiger partial charge in [-0.15, -0.1) is 0 Å². The molecule has 0 fully saturated rings. The molecule has 0 aliphatic carbocycles. The molecular formula is C24H29N5O4S2-2. The van der Waals surface area contributed by atoms with Gasteiger partial charge >= 0.3 is 0 Å². The third-order valence-electron chi connectivity index (χ3n) is 6.12. The van der Waals surface area contributed by atoms with E-state index >= 15 is 0 Å². The van der Waals surface area contributed by atoms with E-state index in [-0.39, 0.29) is 24.7 Å². The summed E-state index contributed by atoms with van der Waals surface area (Å²) in [5.74, 6) is 0.348. The van der Waals surface area contributed by atoms with Crippen molar-refractivity contribution < 1.29 is 17.5 Å². The van der Waals surface area contributed by atoms with Crippen LogP contribution in [-0.2, 0) is 44.7 Å². The number of nitrogens with zero attached hydrogens (tertiary/aromatic N) is 2. The van der Waals surface area contributed by atoms with Crippen molar-refractivity contribution >= 4 is 28.0 Å². The third kappa shape index (κ3) is 5.20. The first-order valence-corrected chi connectivity index (χ1v) is 13.0. The van der Waals surface area contributed by atoms with E-state index in [4.69, 9.17) is 17.2 Å². The van der Waals surface area contributed by atoms with Crippen LogP contribution in [0.2, 0.25) is 0 Å². The summed E-state index contributed by atoms with van der Waals surface area (Å²) < 4.78 is 45.5. The summed E-state index contributed by atoms with van der Waals surface area (Å²) in [6, 6.07) is 10.5. The average Bonchev–Trinajstić information content (AvgIpc) is 2.82. The zero-order chi connectivity index (χ0) is 26.1. The number of hydrogen-bond donors (Lipinski definition) is 3. The van der Waals surface area contributed by atoms with Crippen molar-refractivity contribution in [3.63, 3.8) is 0 Å². The zero-order valence-corrected chi connectivity index (χ0v) is 21.7. The molecule has 0 aliphatic heterocycles. The summed E-state index contributed by atoms with van der Waals surface area (Å²) in [4.78, 5) is 8.99. The molecule has 0 aliphatic rings. The fourth-order valence-corrected chi connectivity index (χ4v) is 4.52. The van der Waals surface area contributed by atoms with E-state index in [1.807, 2.05) is 0 Å². The van der Waals surface area contributed by atoms with E-state index in [1.54, 1.807) is 64.1 Å². The van der Waals surface area contributed by atoms with Crippen LogP contribution >= 0.6 is 0 Å². The van der Waals surface area contributed by atoms with Crippen molar-refractivity contribution in [3.8, 4) is 22.5 Å². The first-order chi connectivity index (χ1) is 16.3. The van der Waals surface area contributed by atoms with Crippen molar-refractivity contribution in [3.05, 3.63) is 64.8 Å². The number of anilines is 1. The lowest BCUT2D eigenvalue weighted by atomic mass is 9.90.